The first-order chi connectivity index (χ1) is 16.7. The smallest absolute Gasteiger partial charge is 0.320 e. The summed E-state index contributed by atoms with van der Waals surface area (Å²) in [6.45, 7) is 0.858. The van der Waals surface area contributed by atoms with Crippen molar-refractivity contribution in [1.29, 1.82) is 0 Å². The van der Waals surface area contributed by atoms with E-state index in [-0.39, 0.29) is 6.04 Å². The molecule has 1 aliphatic heterocycles. The number of hydrogen-bond donors (Lipinski definition) is 7. The molecule has 0 radical (unpaired) electrons. The summed E-state index contributed by atoms with van der Waals surface area (Å²) in [6.07, 6.45) is 4.33. The minimum Gasteiger partial charge on any atom is -0.480 e. The van der Waals surface area contributed by atoms with Gasteiger partial charge in [-0.2, -0.15) is 0 Å². The predicted octanol–water partition coefficient (Wildman–Crippen LogP) is 1.59. The van der Waals surface area contributed by atoms with Crippen LogP contribution in [0.15, 0.2) is 60.8 Å². The Kier molecular flexibility index (Phi) is 10.9. The Hall–Kier alpha value is -3.73. The molecule has 0 aliphatic carbocycles. The van der Waals surface area contributed by atoms with E-state index >= 15 is 0 Å². The monoisotopic (exact) mass is 484 g/mol. The van der Waals surface area contributed by atoms with Crippen LogP contribution < -0.4 is 16.8 Å². The van der Waals surface area contributed by atoms with Crippen LogP contribution in [0.25, 0.3) is 10.9 Å². The van der Waals surface area contributed by atoms with Gasteiger partial charge in [0.05, 0.1) is 0 Å². The van der Waals surface area contributed by atoms with Crippen LogP contribution in [0.3, 0.4) is 0 Å². The molecule has 0 amide bonds. The van der Waals surface area contributed by atoms with Crippen molar-refractivity contribution < 1.29 is 29.7 Å². The molecule has 2 heterocycles. The molecular weight excluding hydrogens is 452 g/mol. The average molecular weight is 485 g/mol. The molecule has 3 atom stereocenters. The second kappa shape index (κ2) is 13.9. The van der Waals surface area contributed by atoms with Crippen LogP contribution in [0.5, 0.6) is 0 Å². The van der Waals surface area contributed by atoms with E-state index in [4.69, 9.17) is 26.8 Å². The summed E-state index contributed by atoms with van der Waals surface area (Å²) in [5.41, 5.74) is 13.7. The van der Waals surface area contributed by atoms with Crippen LogP contribution in [-0.4, -0.2) is 62.9 Å². The Bertz CT molecular complexity index is 1100. The van der Waals surface area contributed by atoms with Crippen molar-refractivity contribution in [3.8, 4) is 0 Å². The fraction of sp³-hybridized carbons (Fsp3) is 0.320. The molecule has 188 valence electrons. The maximum atomic E-state index is 10.6. The lowest BCUT2D eigenvalue weighted by Gasteiger charge is -2.04. The van der Waals surface area contributed by atoms with Crippen LogP contribution in [0.2, 0.25) is 0 Å². The third-order valence-corrected chi connectivity index (χ3v) is 5.41. The molecule has 0 bridgehead atoms. The number of hydrogen-bond acceptors (Lipinski definition) is 6. The first-order valence-electron chi connectivity index (χ1n) is 11.2. The molecule has 35 heavy (non-hydrogen) atoms. The van der Waals surface area contributed by atoms with Gasteiger partial charge in [-0.05, 0) is 43.0 Å². The van der Waals surface area contributed by atoms with Gasteiger partial charge in [-0.3, -0.25) is 14.4 Å². The fourth-order valence-corrected chi connectivity index (χ4v) is 3.48. The standard InChI is InChI=1S/C11H12N2O2.C9H11NO2.C5H9NO2/c12-9(11(14)15)5-7-6-13-10-4-2-1-3-8(7)10;10-8(9(11)12)6-7-4-2-1-3-5-7;7-5(8)4-2-1-3-6-4/h1-4,6,9,13H,5,12H2,(H,14,15);1-5,8H,6,10H2,(H,11,12);4,6H,1-3H2,(H,7,8)/t9-;8-;4-/m000/s1. The van der Waals surface area contributed by atoms with Gasteiger partial charge in [0.25, 0.3) is 0 Å². The van der Waals surface area contributed by atoms with E-state index in [0.29, 0.717) is 12.8 Å². The molecule has 0 unspecified atom stereocenters. The minimum absolute atomic E-state index is 0.269. The Balaban J connectivity index is 0.000000194. The van der Waals surface area contributed by atoms with E-state index in [1.807, 2.05) is 60.8 Å². The number of nitrogens with two attached hydrogens (primary N) is 2. The van der Waals surface area contributed by atoms with Crippen LogP contribution in [0.4, 0.5) is 0 Å². The Morgan fingerprint density at radius 3 is 2.03 bits per heavy atom. The molecule has 1 aromatic heterocycles. The van der Waals surface area contributed by atoms with Gasteiger partial charge >= 0.3 is 17.9 Å². The summed E-state index contributed by atoms with van der Waals surface area (Å²) in [4.78, 5) is 34.2. The quantitative estimate of drug-likeness (QED) is 0.261. The number of carboxylic acids is 3. The average Bonchev–Trinajstić information content (AvgIpc) is 3.51. The number of fused-ring (bicyclic) bond motifs is 1. The van der Waals surface area contributed by atoms with Gasteiger partial charge in [-0.15, -0.1) is 0 Å². The molecule has 1 aliphatic rings. The van der Waals surface area contributed by atoms with Crippen LogP contribution in [0.1, 0.15) is 24.0 Å². The predicted molar refractivity (Wildman–Crippen MR) is 132 cm³/mol. The number of aromatic amines is 1. The number of aliphatic carboxylic acids is 3. The zero-order valence-electron chi connectivity index (χ0n) is 19.3. The second-order valence-corrected chi connectivity index (χ2v) is 8.13. The van der Waals surface area contributed by atoms with Crippen molar-refractivity contribution in [3.05, 3.63) is 71.9 Å². The van der Waals surface area contributed by atoms with Crippen molar-refractivity contribution >= 4 is 28.8 Å². The van der Waals surface area contributed by atoms with E-state index < -0.39 is 30.0 Å². The Labute approximate surface area is 202 Å². The largest absolute Gasteiger partial charge is 0.480 e. The minimum atomic E-state index is -0.972. The van der Waals surface area contributed by atoms with Gasteiger partial charge in [0.15, 0.2) is 0 Å². The summed E-state index contributed by atoms with van der Waals surface area (Å²) in [7, 11) is 0. The normalized spacial score (nSPS) is 16.2. The molecule has 3 aromatic rings. The van der Waals surface area contributed by atoms with E-state index in [9.17, 15) is 14.4 Å². The second-order valence-electron chi connectivity index (χ2n) is 8.13. The highest BCUT2D eigenvalue weighted by Gasteiger charge is 2.20. The summed E-state index contributed by atoms with van der Waals surface area (Å²) >= 11 is 0. The maximum Gasteiger partial charge on any atom is 0.320 e. The zero-order valence-corrected chi connectivity index (χ0v) is 19.3. The molecule has 10 heteroatoms. The first-order valence-corrected chi connectivity index (χ1v) is 11.2. The number of H-pyrrole nitrogens is 1. The highest BCUT2D eigenvalue weighted by Crippen LogP contribution is 2.18. The molecule has 1 saturated heterocycles. The van der Waals surface area contributed by atoms with E-state index in [0.717, 1.165) is 41.4 Å². The summed E-state index contributed by atoms with van der Waals surface area (Å²) < 4.78 is 0. The fourth-order valence-electron chi connectivity index (χ4n) is 3.48. The molecule has 1 fully saturated rings. The molecular formula is C25H32N4O6. The topological polar surface area (TPSA) is 192 Å². The zero-order chi connectivity index (χ0) is 25.8. The van der Waals surface area contributed by atoms with E-state index in [2.05, 4.69) is 10.3 Å². The number of aromatic nitrogens is 1. The number of carboxylic acid groups (broad SMARTS) is 3. The number of nitrogens with one attached hydrogen (secondary N) is 2. The highest BCUT2D eigenvalue weighted by molar-refractivity contribution is 5.84. The third-order valence-electron chi connectivity index (χ3n) is 5.41. The van der Waals surface area contributed by atoms with Crippen LogP contribution >= 0.6 is 0 Å². The Morgan fingerprint density at radius 1 is 0.886 bits per heavy atom. The number of para-hydroxylation sites is 1. The van der Waals surface area contributed by atoms with E-state index in [1.54, 1.807) is 0 Å². The van der Waals surface area contributed by atoms with Crippen molar-refractivity contribution in [3.63, 3.8) is 0 Å². The number of benzene rings is 2. The SMILES string of the molecule is N[C@@H](Cc1c[nH]c2ccccc12)C(=O)O.N[C@@H](Cc1ccccc1)C(=O)O.O=C(O)[C@@H]1CCCN1. The Morgan fingerprint density at radius 2 is 1.49 bits per heavy atom. The summed E-state index contributed by atoms with van der Waals surface area (Å²) in [5, 5.41) is 29.5. The van der Waals surface area contributed by atoms with Gasteiger partial charge in [-0.25, -0.2) is 0 Å². The maximum absolute atomic E-state index is 10.6. The molecule has 4 rings (SSSR count). The lowest BCUT2D eigenvalue weighted by atomic mass is 10.1. The number of rotatable bonds is 7. The van der Waals surface area contributed by atoms with Crippen molar-refractivity contribution in [2.45, 2.75) is 43.8 Å². The molecule has 0 saturated carbocycles. The summed E-state index contributed by atoms with van der Waals surface area (Å²) in [6, 6.07) is 15.2. The van der Waals surface area contributed by atoms with Crippen LogP contribution in [-0.2, 0) is 27.2 Å². The van der Waals surface area contributed by atoms with Gasteiger partial charge in [0.1, 0.15) is 18.1 Å². The van der Waals surface area contributed by atoms with E-state index in [1.165, 1.54) is 0 Å². The lowest BCUT2D eigenvalue weighted by molar-refractivity contribution is -0.139. The molecule has 0 spiro atoms. The highest BCUT2D eigenvalue weighted by atomic mass is 16.4. The number of carbonyl (C=O) groups is 3. The molecule has 2 aromatic carbocycles. The van der Waals surface area contributed by atoms with Crippen LogP contribution in [0, 0.1) is 0 Å². The molecule has 9 N–H and O–H groups in total. The van der Waals surface area contributed by atoms with Gasteiger partial charge in [0, 0.05) is 23.5 Å². The van der Waals surface area contributed by atoms with Crippen molar-refractivity contribution in [2.75, 3.05) is 6.54 Å². The van der Waals surface area contributed by atoms with Crippen molar-refractivity contribution in [2.24, 2.45) is 11.5 Å². The third kappa shape index (κ3) is 9.20. The van der Waals surface area contributed by atoms with Gasteiger partial charge in [-0.1, -0.05) is 48.5 Å². The van der Waals surface area contributed by atoms with Crippen molar-refractivity contribution in [1.82, 2.24) is 10.3 Å². The molecule has 10 nitrogen and oxygen atoms in total. The summed E-state index contributed by atoms with van der Waals surface area (Å²) in [5.74, 6) is -2.65. The first kappa shape index (κ1) is 27.5. The van der Waals surface area contributed by atoms with Gasteiger partial charge in [0.2, 0.25) is 0 Å². The van der Waals surface area contributed by atoms with Gasteiger partial charge < -0.3 is 37.1 Å². The lowest BCUT2D eigenvalue weighted by Crippen LogP contribution is -2.32.